The third-order valence-electron chi connectivity index (χ3n) is 3.53. The van der Waals surface area contributed by atoms with E-state index >= 15 is 0 Å². The predicted molar refractivity (Wildman–Crippen MR) is 117 cm³/mol. The van der Waals surface area contributed by atoms with E-state index in [9.17, 15) is 0 Å². The Balaban J connectivity index is 3.57. The van der Waals surface area contributed by atoms with Crippen LogP contribution < -0.4 is 0 Å². The number of hydrogen-bond donors (Lipinski definition) is 1. The summed E-state index contributed by atoms with van der Waals surface area (Å²) in [5, 5.41) is 9.42. The van der Waals surface area contributed by atoms with Crippen molar-refractivity contribution in [3.8, 4) is 0 Å². The van der Waals surface area contributed by atoms with Crippen molar-refractivity contribution in [2.75, 3.05) is 12.9 Å². The van der Waals surface area contributed by atoms with Gasteiger partial charge in [0.2, 0.25) is 0 Å². The summed E-state index contributed by atoms with van der Waals surface area (Å²) < 4.78 is 0. The van der Waals surface area contributed by atoms with E-state index in [0.29, 0.717) is 5.25 Å². The van der Waals surface area contributed by atoms with Crippen LogP contribution in [0.5, 0.6) is 0 Å². The molecule has 0 amide bonds. The molecule has 2 heteroatoms. The van der Waals surface area contributed by atoms with Crippen LogP contribution in [-0.2, 0) is 0 Å². The van der Waals surface area contributed by atoms with Crippen molar-refractivity contribution in [1.82, 2.24) is 0 Å². The molecule has 0 aromatic carbocycles. The Morgan fingerprint density at radius 3 is 1.32 bits per heavy atom. The average Bonchev–Trinajstić information content (AvgIpc) is 2.64. The second-order valence-corrected chi connectivity index (χ2v) is 6.83. The van der Waals surface area contributed by atoms with Crippen LogP contribution in [0.15, 0.2) is 72.9 Å². The van der Waals surface area contributed by atoms with E-state index in [-0.39, 0.29) is 6.61 Å². The Hall–Kier alpha value is -1.25. The van der Waals surface area contributed by atoms with Crippen molar-refractivity contribution in [2.45, 2.75) is 57.1 Å². The van der Waals surface area contributed by atoms with E-state index in [4.69, 9.17) is 5.11 Å². The first-order valence-corrected chi connectivity index (χ1v) is 10.7. The molecule has 25 heavy (non-hydrogen) atoms. The predicted octanol–water partition coefficient (Wildman–Crippen LogP) is 6.80. The number of allylic oxidation sites excluding steroid dienone is 12. The minimum atomic E-state index is 0.257. The molecular weight excluding hydrogens is 324 g/mol. The summed E-state index contributed by atoms with van der Waals surface area (Å²) in [5.74, 6) is 0. The topological polar surface area (TPSA) is 20.2 Å². The van der Waals surface area contributed by atoms with Crippen LogP contribution in [0.3, 0.4) is 0 Å². The first-order valence-electron chi connectivity index (χ1n) is 9.38. The minimum absolute atomic E-state index is 0.257. The largest absolute Gasteiger partial charge is 0.395 e. The van der Waals surface area contributed by atoms with E-state index in [2.05, 4.69) is 79.8 Å². The highest BCUT2D eigenvalue weighted by Gasteiger charge is 2.00. The van der Waals surface area contributed by atoms with Gasteiger partial charge in [0, 0.05) is 5.25 Å². The molecule has 0 aliphatic heterocycles. The third kappa shape index (κ3) is 18.9. The average molecular weight is 361 g/mol. The zero-order valence-electron chi connectivity index (χ0n) is 16.0. The molecule has 1 unspecified atom stereocenters. The zero-order valence-corrected chi connectivity index (χ0v) is 16.8. The molecule has 1 atom stereocenters. The number of rotatable bonds is 15. The summed E-state index contributed by atoms with van der Waals surface area (Å²) in [7, 11) is 0. The number of hydrogen-bond acceptors (Lipinski definition) is 2. The molecule has 0 bridgehead atoms. The van der Waals surface area contributed by atoms with Crippen LogP contribution in [0.1, 0.15) is 51.9 Å². The molecule has 0 heterocycles. The fourth-order valence-corrected chi connectivity index (χ4v) is 2.47. The monoisotopic (exact) mass is 360 g/mol. The molecule has 0 spiro atoms. The molecule has 0 saturated carbocycles. The molecular formula is C23H36OS. The lowest BCUT2D eigenvalue weighted by atomic mass is 10.2. The van der Waals surface area contributed by atoms with E-state index in [1.807, 2.05) is 6.26 Å². The van der Waals surface area contributed by atoms with E-state index < -0.39 is 0 Å². The lowest BCUT2D eigenvalue weighted by molar-refractivity contribution is 0.295. The van der Waals surface area contributed by atoms with Gasteiger partial charge in [0.15, 0.2) is 0 Å². The maximum Gasteiger partial charge on any atom is 0.0552 e. The van der Waals surface area contributed by atoms with Gasteiger partial charge in [0.05, 0.1) is 6.61 Å². The van der Waals surface area contributed by atoms with E-state index in [1.165, 1.54) is 0 Å². The Kier molecular flexibility index (Phi) is 19.8. The Labute approximate surface area is 160 Å². The van der Waals surface area contributed by atoms with Crippen molar-refractivity contribution in [3.05, 3.63) is 72.9 Å². The highest BCUT2D eigenvalue weighted by atomic mass is 32.2. The van der Waals surface area contributed by atoms with E-state index in [1.54, 1.807) is 11.8 Å². The Morgan fingerprint density at radius 1 is 0.640 bits per heavy atom. The van der Waals surface area contributed by atoms with Crippen molar-refractivity contribution in [1.29, 1.82) is 0 Å². The van der Waals surface area contributed by atoms with Gasteiger partial charge in [-0.05, 0) is 51.2 Å². The highest BCUT2D eigenvalue weighted by Crippen LogP contribution is 2.10. The second kappa shape index (κ2) is 20.8. The van der Waals surface area contributed by atoms with Gasteiger partial charge in [-0.2, -0.15) is 11.8 Å². The van der Waals surface area contributed by atoms with Crippen LogP contribution in [-0.4, -0.2) is 23.2 Å². The van der Waals surface area contributed by atoms with Crippen molar-refractivity contribution in [2.24, 2.45) is 0 Å². The number of aliphatic hydroxyl groups excluding tert-OH is 1. The van der Waals surface area contributed by atoms with Gasteiger partial charge in [-0.3, -0.25) is 0 Å². The summed E-state index contributed by atoms with van der Waals surface area (Å²) in [5.41, 5.74) is 0. The van der Waals surface area contributed by atoms with Crippen LogP contribution in [0.4, 0.5) is 0 Å². The summed E-state index contributed by atoms with van der Waals surface area (Å²) in [6.07, 6.45) is 35.6. The highest BCUT2D eigenvalue weighted by molar-refractivity contribution is 7.99. The molecule has 1 N–H and O–H groups in total. The molecule has 0 saturated heterocycles. The molecule has 0 aromatic rings. The summed E-state index contributed by atoms with van der Waals surface area (Å²) >= 11 is 1.72. The molecule has 1 nitrogen and oxygen atoms in total. The molecule has 0 radical (unpaired) electrons. The summed E-state index contributed by atoms with van der Waals surface area (Å²) in [6.45, 7) is 2.41. The van der Waals surface area contributed by atoms with Crippen LogP contribution >= 0.6 is 11.8 Å². The van der Waals surface area contributed by atoms with Gasteiger partial charge in [-0.25, -0.2) is 0 Å². The lowest BCUT2D eigenvalue weighted by Gasteiger charge is -2.06. The molecule has 0 rings (SSSR count). The van der Waals surface area contributed by atoms with Gasteiger partial charge >= 0.3 is 0 Å². The first kappa shape index (κ1) is 23.8. The number of aliphatic hydroxyl groups is 1. The summed E-state index contributed by atoms with van der Waals surface area (Å²) in [4.78, 5) is 0. The molecule has 140 valence electrons. The summed E-state index contributed by atoms with van der Waals surface area (Å²) in [6, 6.07) is 0. The standard InChI is InChI=1S/C23H36OS/c1-3-4-5-6-7-8-9-10-11-12-13-14-15-16-17-18-19-20-21-23(22-24)25-2/h4-5,7-8,10-11,13-14,16-17,19-20,23-24H,3,6,9,12,15,18,21-22H2,1-2H3/b5-4-,8-7-,11-10-,14-13-,17-16-,20-19-. The van der Waals surface area contributed by atoms with Gasteiger partial charge in [0.25, 0.3) is 0 Å². The molecule has 0 aliphatic carbocycles. The fourth-order valence-electron chi connectivity index (χ4n) is 2.02. The fraction of sp³-hybridized carbons (Fsp3) is 0.478. The molecule has 0 fully saturated rings. The Bertz CT molecular complexity index is 437. The van der Waals surface area contributed by atoms with Crippen molar-refractivity contribution in [3.63, 3.8) is 0 Å². The van der Waals surface area contributed by atoms with E-state index in [0.717, 1.165) is 44.9 Å². The first-order chi connectivity index (χ1) is 12.3. The second-order valence-electron chi connectivity index (χ2n) is 5.69. The molecule has 0 aromatic heterocycles. The van der Waals surface area contributed by atoms with Gasteiger partial charge < -0.3 is 5.11 Å². The maximum absolute atomic E-state index is 9.08. The van der Waals surface area contributed by atoms with Crippen LogP contribution in [0.25, 0.3) is 0 Å². The number of thioether (sulfide) groups is 1. The third-order valence-corrected chi connectivity index (χ3v) is 4.54. The Morgan fingerprint density at radius 2 is 1.00 bits per heavy atom. The van der Waals surface area contributed by atoms with Crippen molar-refractivity contribution < 1.29 is 5.11 Å². The quantitative estimate of drug-likeness (QED) is 0.324. The maximum atomic E-state index is 9.08. The van der Waals surface area contributed by atoms with Gasteiger partial charge in [0.1, 0.15) is 0 Å². The van der Waals surface area contributed by atoms with Crippen molar-refractivity contribution >= 4 is 11.8 Å². The smallest absolute Gasteiger partial charge is 0.0552 e. The van der Waals surface area contributed by atoms with Gasteiger partial charge in [-0.1, -0.05) is 79.8 Å². The van der Waals surface area contributed by atoms with Crippen LogP contribution in [0, 0.1) is 0 Å². The van der Waals surface area contributed by atoms with Crippen LogP contribution in [0.2, 0.25) is 0 Å². The normalized spacial score (nSPS) is 14.5. The van der Waals surface area contributed by atoms with Gasteiger partial charge in [-0.15, -0.1) is 0 Å². The molecule has 0 aliphatic rings. The SMILES string of the molecule is CC/C=C\C/C=C\C/C=C\C/C=C\C/C=C\C/C=C\CC(CO)SC. The minimum Gasteiger partial charge on any atom is -0.395 e. The zero-order chi connectivity index (χ0) is 18.4. The lowest BCUT2D eigenvalue weighted by Crippen LogP contribution is -2.05.